The molecule has 0 aromatic heterocycles. The van der Waals surface area contributed by atoms with E-state index >= 15 is 0 Å². The van der Waals surface area contributed by atoms with Crippen molar-refractivity contribution < 1.29 is 22.8 Å². The van der Waals surface area contributed by atoms with Crippen molar-refractivity contribution in [2.75, 3.05) is 38.0 Å². The molecule has 1 heterocycles. The maximum atomic E-state index is 12.6. The van der Waals surface area contributed by atoms with Gasteiger partial charge in [0.15, 0.2) is 0 Å². The Morgan fingerprint density at radius 2 is 1.74 bits per heavy atom. The molecule has 0 spiro atoms. The zero-order valence-electron chi connectivity index (χ0n) is 12.7. The number of rotatable bonds is 3. The Balaban J connectivity index is 1.87. The van der Waals surface area contributed by atoms with Crippen LogP contribution in [0.2, 0.25) is 0 Å². The molecule has 1 aromatic carbocycles. The number of hydrogen-bond donors (Lipinski definition) is 1. The van der Waals surface area contributed by atoms with E-state index in [1.807, 2.05) is 0 Å². The van der Waals surface area contributed by atoms with E-state index < -0.39 is 11.7 Å². The molecule has 0 unspecified atom stereocenters. The first-order chi connectivity index (χ1) is 10.8. The number of alkyl halides is 3. The highest BCUT2D eigenvalue weighted by Gasteiger charge is 2.30. The topological polar surface area (TPSA) is 52.7 Å². The van der Waals surface area contributed by atoms with Gasteiger partial charge in [-0.1, -0.05) is 6.07 Å². The molecule has 126 valence electrons. The van der Waals surface area contributed by atoms with Crippen LogP contribution in [-0.2, 0) is 15.8 Å². The minimum Gasteiger partial charge on any atom is -0.376 e. The van der Waals surface area contributed by atoms with E-state index in [2.05, 4.69) is 5.32 Å². The maximum Gasteiger partial charge on any atom is 0.416 e. The van der Waals surface area contributed by atoms with Crippen LogP contribution >= 0.6 is 0 Å². The lowest BCUT2D eigenvalue weighted by molar-refractivity contribution is -0.137. The van der Waals surface area contributed by atoms with Crippen LogP contribution < -0.4 is 5.32 Å². The van der Waals surface area contributed by atoms with E-state index in [4.69, 9.17) is 0 Å². The second-order valence-electron chi connectivity index (χ2n) is 5.32. The molecule has 0 atom stereocenters. The fourth-order valence-electron chi connectivity index (χ4n) is 2.37. The molecule has 2 rings (SSSR count). The van der Waals surface area contributed by atoms with Gasteiger partial charge in [0.05, 0.1) is 12.1 Å². The monoisotopic (exact) mass is 329 g/mol. The van der Waals surface area contributed by atoms with E-state index in [1.54, 1.807) is 9.80 Å². The summed E-state index contributed by atoms with van der Waals surface area (Å²) >= 11 is 0. The first-order valence-corrected chi connectivity index (χ1v) is 7.22. The molecule has 8 heteroatoms. The maximum absolute atomic E-state index is 12.6. The second-order valence-corrected chi connectivity index (χ2v) is 5.32. The summed E-state index contributed by atoms with van der Waals surface area (Å²) in [5.74, 6) is -0.232. The van der Waals surface area contributed by atoms with Gasteiger partial charge < -0.3 is 15.1 Å². The highest BCUT2D eigenvalue weighted by Crippen LogP contribution is 2.30. The number of nitrogens with one attached hydrogen (secondary N) is 1. The third-order valence-corrected chi connectivity index (χ3v) is 3.71. The molecule has 0 saturated carbocycles. The Hall–Kier alpha value is -2.25. The largest absolute Gasteiger partial charge is 0.416 e. The van der Waals surface area contributed by atoms with Crippen LogP contribution in [0, 0.1) is 0 Å². The van der Waals surface area contributed by atoms with Crippen LogP contribution in [0.5, 0.6) is 0 Å². The van der Waals surface area contributed by atoms with Crippen molar-refractivity contribution in [1.29, 1.82) is 0 Å². The van der Waals surface area contributed by atoms with Crippen molar-refractivity contribution in [1.82, 2.24) is 9.80 Å². The Labute approximate surface area is 132 Å². The number of carbonyl (C=O) groups is 2. The Kier molecular flexibility index (Phi) is 5.12. The number of amides is 2. The van der Waals surface area contributed by atoms with Crippen molar-refractivity contribution in [3.63, 3.8) is 0 Å². The van der Waals surface area contributed by atoms with Gasteiger partial charge in [0.2, 0.25) is 11.8 Å². The third-order valence-electron chi connectivity index (χ3n) is 3.71. The van der Waals surface area contributed by atoms with Gasteiger partial charge in [0.1, 0.15) is 0 Å². The minimum atomic E-state index is -4.41. The smallest absolute Gasteiger partial charge is 0.376 e. The number of nitrogens with zero attached hydrogens (tertiary/aromatic N) is 2. The van der Waals surface area contributed by atoms with E-state index in [9.17, 15) is 22.8 Å². The van der Waals surface area contributed by atoms with Crippen LogP contribution in [0.3, 0.4) is 0 Å². The number of anilines is 1. The molecule has 0 aliphatic carbocycles. The summed E-state index contributed by atoms with van der Waals surface area (Å²) in [5, 5.41) is 2.72. The molecule has 1 aliphatic rings. The van der Waals surface area contributed by atoms with E-state index in [-0.39, 0.29) is 24.0 Å². The number of benzene rings is 1. The van der Waals surface area contributed by atoms with Crippen molar-refractivity contribution >= 4 is 17.5 Å². The molecule has 5 nitrogen and oxygen atoms in total. The lowest BCUT2D eigenvalue weighted by Gasteiger charge is -2.34. The summed E-state index contributed by atoms with van der Waals surface area (Å²) in [6.45, 7) is 3.22. The first-order valence-electron chi connectivity index (χ1n) is 7.22. The summed E-state index contributed by atoms with van der Waals surface area (Å²) in [6.07, 6.45) is -4.41. The Morgan fingerprint density at radius 3 is 2.30 bits per heavy atom. The van der Waals surface area contributed by atoms with Gasteiger partial charge in [-0.3, -0.25) is 9.59 Å². The van der Waals surface area contributed by atoms with Crippen molar-refractivity contribution in [3.05, 3.63) is 29.8 Å². The van der Waals surface area contributed by atoms with Crippen molar-refractivity contribution in [2.45, 2.75) is 13.1 Å². The number of carbonyl (C=O) groups excluding carboxylic acids is 2. The standard InChI is InChI=1S/C15H18F3N3O2/c1-11(22)20-5-7-21(8-6-20)14(23)10-19-13-4-2-3-12(9-13)15(16,17)18/h2-4,9,19H,5-8,10H2,1H3. The van der Waals surface area contributed by atoms with Gasteiger partial charge >= 0.3 is 6.18 Å². The predicted octanol–water partition coefficient (Wildman–Crippen LogP) is 1.81. The van der Waals surface area contributed by atoms with Gasteiger partial charge in [0, 0.05) is 38.8 Å². The first kappa shape index (κ1) is 17.1. The van der Waals surface area contributed by atoms with Crippen LogP contribution in [-0.4, -0.2) is 54.3 Å². The Bertz CT molecular complexity index is 582. The number of piperazine rings is 1. The Morgan fingerprint density at radius 1 is 1.13 bits per heavy atom. The summed E-state index contributed by atoms with van der Waals surface area (Å²) in [4.78, 5) is 26.5. The molecule has 1 aromatic rings. The lowest BCUT2D eigenvalue weighted by Crippen LogP contribution is -2.51. The zero-order valence-corrected chi connectivity index (χ0v) is 12.7. The zero-order chi connectivity index (χ0) is 17.0. The van der Waals surface area contributed by atoms with Crippen LogP contribution in [0.15, 0.2) is 24.3 Å². The fourth-order valence-corrected chi connectivity index (χ4v) is 2.37. The molecule has 0 bridgehead atoms. The van der Waals surface area contributed by atoms with Crippen molar-refractivity contribution in [2.24, 2.45) is 0 Å². The fraction of sp³-hybridized carbons (Fsp3) is 0.467. The molecule has 2 amide bonds. The second kappa shape index (κ2) is 6.89. The minimum absolute atomic E-state index is 0.0285. The van der Waals surface area contributed by atoms with Crippen LogP contribution in [0.25, 0.3) is 0 Å². The predicted molar refractivity (Wildman–Crippen MR) is 78.8 cm³/mol. The van der Waals surface area contributed by atoms with Crippen LogP contribution in [0.1, 0.15) is 12.5 Å². The summed E-state index contributed by atoms with van der Waals surface area (Å²) in [5.41, 5.74) is -0.513. The molecule has 1 N–H and O–H groups in total. The number of halogens is 3. The molecule has 1 aliphatic heterocycles. The summed E-state index contributed by atoms with van der Waals surface area (Å²) < 4.78 is 37.9. The van der Waals surface area contributed by atoms with Gasteiger partial charge in [-0.05, 0) is 18.2 Å². The molecular formula is C15H18F3N3O2. The SMILES string of the molecule is CC(=O)N1CCN(C(=O)CNc2cccc(C(F)(F)F)c2)CC1. The normalized spacial score (nSPS) is 15.5. The van der Waals surface area contributed by atoms with E-state index in [0.717, 1.165) is 12.1 Å². The van der Waals surface area contributed by atoms with E-state index in [1.165, 1.54) is 19.1 Å². The van der Waals surface area contributed by atoms with Gasteiger partial charge in [0.25, 0.3) is 0 Å². The average Bonchev–Trinajstić information content (AvgIpc) is 2.52. The molecule has 1 fully saturated rings. The third kappa shape index (κ3) is 4.61. The number of hydrogen-bond acceptors (Lipinski definition) is 3. The van der Waals surface area contributed by atoms with Gasteiger partial charge in [-0.25, -0.2) is 0 Å². The van der Waals surface area contributed by atoms with Crippen molar-refractivity contribution in [3.8, 4) is 0 Å². The van der Waals surface area contributed by atoms with Crippen LogP contribution in [0.4, 0.5) is 18.9 Å². The van der Waals surface area contributed by atoms with E-state index in [0.29, 0.717) is 26.2 Å². The molecule has 1 saturated heterocycles. The quantitative estimate of drug-likeness (QED) is 0.920. The highest BCUT2D eigenvalue weighted by atomic mass is 19.4. The highest BCUT2D eigenvalue weighted by molar-refractivity contribution is 5.81. The average molecular weight is 329 g/mol. The van der Waals surface area contributed by atoms with Gasteiger partial charge in [-0.2, -0.15) is 13.2 Å². The molecule has 23 heavy (non-hydrogen) atoms. The lowest BCUT2D eigenvalue weighted by atomic mass is 10.2. The summed E-state index contributed by atoms with van der Waals surface area (Å²) in [6, 6.07) is 4.73. The molecular weight excluding hydrogens is 311 g/mol. The van der Waals surface area contributed by atoms with Gasteiger partial charge in [-0.15, -0.1) is 0 Å². The summed E-state index contributed by atoms with van der Waals surface area (Å²) in [7, 11) is 0. The molecule has 0 radical (unpaired) electrons.